The summed E-state index contributed by atoms with van der Waals surface area (Å²) in [4.78, 5) is 12.7. The highest BCUT2D eigenvalue weighted by molar-refractivity contribution is 7.89. The van der Waals surface area contributed by atoms with Crippen molar-refractivity contribution in [2.45, 2.75) is 42.0 Å². The minimum Gasteiger partial charge on any atom is -0.469 e. The molecule has 4 rings (SSSR count). The van der Waals surface area contributed by atoms with Gasteiger partial charge in [-0.15, -0.1) is 0 Å². The predicted octanol–water partition coefficient (Wildman–Crippen LogP) is 3.88. The zero-order valence-corrected chi connectivity index (χ0v) is 24.3. The van der Waals surface area contributed by atoms with Crippen LogP contribution in [0.5, 0.6) is 0 Å². The molecule has 0 aliphatic carbocycles. The number of carbonyl (C=O) groups excluding carboxylic acids is 1. The quantitative estimate of drug-likeness (QED) is 0.419. The van der Waals surface area contributed by atoms with Crippen LogP contribution < -0.4 is 4.72 Å². The SMILES string of the molecule is COC(=O)[C@@H]1CN(S(=O)(=O)c2ccc(-c3ccccc3S(=O)(=O)NC(C)(C)C)cc2)C[C@H]1c1cccc(C#N)c1. The Morgan fingerprint density at radius 1 is 0.975 bits per heavy atom. The van der Waals surface area contributed by atoms with Gasteiger partial charge in [0, 0.05) is 30.1 Å². The van der Waals surface area contributed by atoms with Gasteiger partial charge >= 0.3 is 5.97 Å². The second kappa shape index (κ2) is 11.1. The fourth-order valence-corrected chi connectivity index (χ4v) is 8.02. The number of carbonyl (C=O) groups is 1. The van der Waals surface area contributed by atoms with Crippen molar-refractivity contribution in [1.29, 1.82) is 5.26 Å². The van der Waals surface area contributed by atoms with E-state index in [2.05, 4.69) is 10.8 Å². The van der Waals surface area contributed by atoms with E-state index < -0.39 is 43.4 Å². The van der Waals surface area contributed by atoms with E-state index in [1.807, 2.05) is 0 Å². The number of rotatable bonds is 7. The summed E-state index contributed by atoms with van der Waals surface area (Å²) >= 11 is 0. The molecule has 1 saturated heterocycles. The second-order valence-electron chi connectivity index (χ2n) is 10.7. The van der Waals surface area contributed by atoms with E-state index in [1.54, 1.807) is 75.4 Å². The summed E-state index contributed by atoms with van der Waals surface area (Å²) in [6.07, 6.45) is 0. The summed E-state index contributed by atoms with van der Waals surface area (Å²) in [6, 6.07) is 21.4. The van der Waals surface area contributed by atoms with Gasteiger partial charge in [0.05, 0.1) is 34.5 Å². The third-order valence-electron chi connectivity index (χ3n) is 6.65. The van der Waals surface area contributed by atoms with Crippen LogP contribution >= 0.6 is 0 Å². The Labute approximate surface area is 235 Å². The Morgan fingerprint density at radius 2 is 1.65 bits per heavy atom. The van der Waals surface area contributed by atoms with Gasteiger partial charge in [-0.25, -0.2) is 21.6 Å². The van der Waals surface area contributed by atoms with Gasteiger partial charge in [-0.2, -0.15) is 9.57 Å². The van der Waals surface area contributed by atoms with Crippen LogP contribution in [0.1, 0.15) is 37.8 Å². The fraction of sp³-hybridized carbons (Fsp3) is 0.310. The number of hydrogen-bond donors (Lipinski definition) is 1. The number of ether oxygens (including phenoxy) is 1. The van der Waals surface area contributed by atoms with Crippen molar-refractivity contribution in [3.05, 3.63) is 83.9 Å². The van der Waals surface area contributed by atoms with Gasteiger partial charge < -0.3 is 4.74 Å². The first-order valence-electron chi connectivity index (χ1n) is 12.6. The zero-order valence-electron chi connectivity index (χ0n) is 22.7. The molecule has 11 heteroatoms. The van der Waals surface area contributed by atoms with Crippen molar-refractivity contribution in [2.24, 2.45) is 5.92 Å². The molecule has 0 unspecified atom stereocenters. The highest BCUT2D eigenvalue weighted by Gasteiger charge is 2.44. The molecule has 0 amide bonds. The summed E-state index contributed by atoms with van der Waals surface area (Å²) in [5.41, 5.74) is 1.39. The van der Waals surface area contributed by atoms with Gasteiger partial charge in [0.1, 0.15) is 0 Å². The fourth-order valence-electron chi connectivity index (χ4n) is 4.88. The van der Waals surface area contributed by atoms with Gasteiger partial charge in [-0.1, -0.05) is 42.5 Å². The van der Waals surface area contributed by atoms with Gasteiger partial charge in [-0.05, 0) is 62.2 Å². The molecule has 0 aromatic heterocycles. The molecule has 1 heterocycles. The summed E-state index contributed by atoms with van der Waals surface area (Å²) in [6.45, 7) is 5.22. The lowest BCUT2D eigenvalue weighted by Gasteiger charge is -2.21. The first kappa shape index (κ1) is 29.4. The molecule has 1 aliphatic heterocycles. The van der Waals surface area contributed by atoms with Crippen LogP contribution in [0.3, 0.4) is 0 Å². The third-order valence-corrected chi connectivity index (χ3v) is 10.3. The smallest absolute Gasteiger partial charge is 0.310 e. The molecule has 0 bridgehead atoms. The van der Waals surface area contributed by atoms with Gasteiger partial charge in [0.2, 0.25) is 20.0 Å². The van der Waals surface area contributed by atoms with Crippen LogP contribution in [0.15, 0.2) is 82.6 Å². The number of nitrogens with zero attached hydrogens (tertiary/aromatic N) is 2. The maximum absolute atomic E-state index is 13.6. The minimum absolute atomic E-state index is 0.0134. The largest absolute Gasteiger partial charge is 0.469 e. The Hall–Kier alpha value is -3.56. The van der Waals surface area contributed by atoms with Crippen LogP contribution in [0, 0.1) is 17.2 Å². The van der Waals surface area contributed by atoms with Crippen LogP contribution in [0.25, 0.3) is 11.1 Å². The first-order valence-corrected chi connectivity index (χ1v) is 15.5. The molecule has 210 valence electrons. The van der Waals surface area contributed by atoms with Crippen molar-refractivity contribution in [2.75, 3.05) is 20.2 Å². The molecule has 3 aromatic rings. The Balaban J connectivity index is 1.65. The van der Waals surface area contributed by atoms with Gasteiger partial charge in [0.25, 0.3) is 0 Å². The molecule has 1 N–H and O–H groups in total. The summed E-state index contributed by atoms with van der Waals surface area (Å²) in [5, 5.41) is 9.29. The molecule has 0 saturated carbocycles. The summed E-state index contributed by atoms with van der Waals surface area (Å²) in [7, 11) is -6.58. The number of nitriles is 1. The highest BCUT2D eigenvalue weighted by atomic mass is 32.2. The van der Waals surface area contributed by atoms with Crippen LogP contribution in [-0.4, -0.2) is 52.8 Å². The van der Waals surface area contributed by atoms with Gasteiger partial charge in [0.15, 0.2) is 0 Å². The summed E-state index contributed by atoms with van der Waals surface area (Å²) in [5.74, 6) is -1.75. The molecule has 3 aromatic carbocycles. The molecular weight excluding hydrogens is 550 g/mol. The lowest BCUT2D eigenvalue weighted by atomic mass is 9.88. The Morgan fingerprint density at radius 3 is 2.27 bits per heavy atom. The van der Waals surface area contributed by atoms with Crippen LogP contribution in [0.4, 0.5) is 0 Å². The van der Waals surface area contributed by atoms with Gasteiger partial charge in [-0.3, -0.25) is 4.79 Å². The second-order valence-corrected chi connectivity index (χ2v) is 14.3. The molecule has 2 atom stereocenters. The van der Waals surface area contributed by atoms with Crippen molar-refractivity contribution in [3.63, 3.8) is 0 Å². The van der Waals surface area contributed by atoms with E-state index in [-0.39, 0.29) is 22.9 Å². The predicted molar refractivity (Wildman–Crippen MR) is 150 cm³/mol. The monoisotopic (exact) mass is 581 g/mol. The zero-order chi connectivity index (χ0) is 29.3. The number of nitrogens with one attached hydrogen (secondary N) is 1. The molecule has 1 aliphatic rings. The van der Waals surface area contributed by atoms with Crippen molar-refractivity contribution in [1.82, 2.24) is 9.03 Å². The van der Waals surface area contributed by atoms with E-state index in [0.717, 1.165) is 0 Å². The molecule has 1 fully saturated rings. The Kier molecular flexibility index (Phi) is 8.19. The third kappa shape index (κ3) is 6.10. The van der Waals surface area contributed by atoms with E-state index in [1.165, 1.54) is 29.6 Å². The maximum atomic E-state index is 13.6. The van der Waals surface area contributed by atoms with Crippen molar-refractivity contribution in [3.8, 4) is 17.2 Å². The number of methoxy groups -OCH3 is 1. The van der Waals surface area contributed by atoms with E-state index in [4.69, 9.17) is 4.74 Å². The molecule has 9 nitrogen and oxygen atoms in total. The standard InChI is InChI=1S/C29H31N3O6S2/c1-29(2,3)31-39(34,35)27-11-6-5-10-24(27)21-12-14-23(15-13-21)40(36,37)32-18-25(26(19-32)28(33)38-4)22-9-7-8-20(16-22)17-30/h5-16,25-26,31H,18-19H2,1-4H3/t25-,26+/m0/s1. The van der Waals surface area contributed by atoms with Crippen LogP contribution in [-0.2, 0) is 29.6 Å². The van der Waals surface area contributed by atoms with E-state index >= 15 is 0 Å². The average molecular weight is 582 g/mol. The number of esters is 1. The van der Waals surface area contributed by atoms with Crippen molar-refractivity contribution >= 4 is 26.0 Å². The highest BCUT2D eigenvalue weighted by Crippen LogP contribution is 2.37. The average Bonchev–Trinajstić information content (AvgIpc) is 3.38. The van der Waals surface area contributed by atoms with E-state index in [9.17, 15) is 26.9 Å². The van der Waals surface area contributed by atoms with Crippen LogP contribution in [0.2, 0.25) is 0 Å². The number of hydrogen-bond acceptors (Lipinski definition) is 7. The Bertz CT molecular complexity index is 1670. The molecule has 0 radical (unpaired) electrons. The first-order chi connectivity index (χ1) is 18.8. The topological polar surface area (TPSA) is 134 Å². The van der Waals surface area contributed by atoms with E-state index in [0.29, 0.717) is 22.3 Å². The number of sulfonamides is 2. The lowest BCUT2D eigenvalue weighted by molar-refractivity contribution is -0.145. The minimum atomic E-state index is -4.00. The molecular formula is C29H31N3O6S2. The molecule has 0 spiro atoms. The number of benzene rings is 3. The van der Waals surface area contributed by atoms with Crippen molar-refractivity contribution < 1.29 is 26.4 Å². The normalized spacial score (nSPS) is 18.3. The maximum Gasteiger partial charge on any atom is 0.310 e. The lowest BCUT2D eigenvalue weighted by Crippen LogP contribution is -2.40. The molecule has 40 heavy (non-hydrogen) atoms. The summed E-state index contributed by atoms with van der Waals surface area (Å²) < 4.78 is 62.3.